The fourth-order valence-electron chi connectivity index (χ4n) is 8.54. The first-order valence-corrected chi connectivity index (χ1v) is 18.2. The Balaban J connectivity index is 1.13. The van der Waals surface area contributed by atoms with Gasteiger partial charge in [0.15, 0.2) is 5.58 Å². The zero-order valence-corrected chi connectivity index (χ0v) is 28.9. The van der Waals surface area contributed by atoms with Crippen LogP contribution in [0.25, 0.3) is 111 Å². The lowest BCUT2D eigenvalue weighted by atomic mass is 9.99. The predicted octanol–water partition coefficient (Wildman–Crippen LogP) is 13.3. The molecule has 0 amide bonds. The van der Waals surface area contributed by atoms with E-state index in [1.807, 2.05) is 42.5 Å². The normalized spacial score (nSPS) is 12.1. The van der Waals surface area contributed by atoms with Gasteiger partial charge in [-0.15, -0.1) is 0 Å². The average Bonchev–Trinajstić information content (AvgIpc) is 3.99. The van der Waals surface area contributed by atoms with Crippen LogP contribution >= 0.6 is 0 Å². The number of nitrogens with zero attached hydrogens (tertiary/aromatic N) is 3. The van der Waals surface area contributed by atoms with E-state index in [4.69, 9.17) is 13.8 Å². The summed E-state index contributed by atoms with van der Waals surface area (Å²) in [5.41, 5.74) is 13.4. The molecule has 0 saturated carbocycles. The number of fused-ring (bicyclic) bond motifs is 10. The monoisotopic (exact) mass is 691 g/mol. The van der Waals surface area contributed by atoms with Crippen molar-refractivity contribution in [2.75, 3.05) is 0 Å². The highest BCUT2D eigenvalue weighted by atomic mass is 16.3. The van der Waals surface area contributed by atoms with Crippen LogP contribution in [0.4, 0.5) is 0 Å². The standard InChI is InChI=1S/C49H29N3O2/c1-3-12-30(13-4-1)49-50-41-29-44-39(28-47(41)54-49)38-26-31(22-24-43(38)51(44)32-14-5-2-6-15-32)34-18-11-19-37-35-16-7-9-20-42(35)52(48(34)37)33-23-25-46-40(27-33)36-17-8-10-21-45(36)53-46/h1-29H. The molecule has 5 heteroatoms. The molecule has 4 aromatic heterocycles. The van der Waals surface area contributed by atoms with E-state index in [0.717, 1.165) is 88.4 Å². The molecule has 0 N–H and O–H groups in total. The van der Waals surface area contributed by atoms with Gasteiger partial charge in [-0.25, -0.2) is 4.98 Å². The average molecular weight is 692 g/mol. The molecule has 0 saturated heterocycles. The Labute approximate surface area is 308 Å². The van der Waals surface area contributed by atoms with Gasteiger partial charge < -0.3 is 18.0 Å². The number of benzene rings is 8. The van der Waals surface area contributed by atoms with Gasteiger partial charge in [0.2, 0.25) is 5.89 Å². The maximum absolute atomic E-state index is 6.42. The molecular formula is C49H29N3O2. The molecule has 4 heterocycles. The zero-order chi connectivity index (χ0) is 35.3. The molecule has 0 radical (unpaired) electrons. The van der Waals surface area contributed by atoms with Crippen LogP contribution in [0.5, 0.6) is 0 Å². The third-order valence-corrected chi connectivity index (χ3v) is 10.9. The van der Waals surface area contributed by atoms with E-state index in [1.165, 1.54) is 16.3 Å². The van der Waals surface area contributed by atoms with Gasteiger partial charge in [-0.05, 0) is 84.4 Å². The van der Waals surface area contributed by atoms with Gasteiger partial charge in [0.1, 0.15) is 16.7 Å². The topological polar surface area (TPSA) is 49.0 Å². The summed E-state index contributed by atoms with van der Waals surface area (Å²) in [7, 11) is 0. The summed E-state index contributed by atoms with van der Waals surface area (Å²) in [6, 6.07) is 62.1. The molecule has 0 aliphatic rings. The third kappa shape index (κ3) is 4.18. The second-order valence-electron chi connectivity index (χ2n) is 14.0. The Morgan fingerprint density at radius 2 is 1.09 bits per heavy atom. The van der Waals surface area contributed by atoms with Gasteiger partial charge in [-0.3, -0.25) is 0 Å². The first-order chi connectivity index (χ1) is 26.8. The second-order valence-corrected chi connectivity index (χ2v) is 14.0. The van der Waals surface area contributed by atoms with Crippen molar-refractivity contribution in [1.29, 1.82) is 0 Å². The minimum atomic E-state index is 0.621. The van der Waals surface area contributed by atoms with Crippen LogP contribution in [0, 0.1) is 0 Å². The van der Waals surface area contributed by atoms with E-state index in [-0.39, 0.29) is 0 Å². The fourth-order valence-corrected chi connectivity index (χ4v) is 8.54. The molecule has 5 nitrogen and oxygen atoms in total. The van der Waals surface area contributed by atoms with Gasteiger partial charge in [-0.1, -0.05) is 97.1 Å². The second kappa shape index (κ2) is 11.1. The van der Waals surface area contributed by atoms with Crippen LogP contribution in [0.3, 0.4) is 0 Å². The van der Waals surface area contributed by atoms with Gasteiger partial charge in [-0.2, -0.15) is 0 Å². The van der Waals surface area contributed by atoms with E-state index in [1.54, 1.807) is 0 Å². The summed E-state index contributed by atoms with van der Waals surface area (Å²) in [6.45, 7) is 0. The highest BCUT2D eigenvalue weighted by Crippen LogP contribution is 2.42. The first-order valence-electron chi connectivity index (χ1n) is 18.2. The van der Waals surface area contributed by atoms with Crippen LogP contribution < -0.4 is 0 Å². The minimum Gasteiger partial charge on any atom is -0.456 e. The van der Waals surface area contributed by atoms with Crippen molar-refractivity contribution in [1.82, 2.24) is 14.1 Å². The first kappa shape index (κ1) is 29.2. The number of rotatable bonds is 4. The van der Waals surface area contributed by atoms with Crippen molar-refractivity contribution in [2.24, 2.45) is 0 Å². The molecule has 54 heavy (non-hydrogen) atoms. The van der Waals surface area contributed by atoms with E-state index in [9.17, 15) is 0 Å². The Morgan fingerprint density at radius 3 is 1.98 bits per heavy atom. The predicted molar refractivity (Wildman–Crippen MR) is 221 cm³/mol. The Kier molecular flexibility index (Phi) is 5.99. The lowest BCUT2D eigenvalue weighted by Gasteiger charge is -2.12. The number of furan rings is 1. The molecule has 0 bridgehead atoms. The smallest absolute Gasteiger partial charge is 0.227 e. The summed E-state index contributed by atoms with van der Waals surface area (Å²) >= 11 is 0. The lowest BCUT2D eigenvalue weighted by molar-refractivity contribution is 0.620. The fraction of sp³-hybridized carbons (Fsp3) is 0. The Bertz CT molecular complexity index is 3440. The molecular weight excluding hydrogens is 663 g/mol. The maximum atomic E-state index is 6.42. The SMILES string of the molecule is c1ccc(-c2nc3cc4c(cc3o2)c2cc(-c3cccc5c6ccccc6n(-c6ccc7oc8ccccc8c7c6)c35)ccc2n4-c2ccccc2)cc1. The Morgan fingerprint density at radius 1 is 0.370 bits per heavy atom. The van der Waals surface area contributed by atoms with Crippen LogP contribution in [0.2, 0.25) is 0 Å². The largest absolute Gasteiger partial charge is 0.456 e. The van der Waals surface area contributed by atoms with Gasteiger partial charge in [0.25, 0.3) is 0 Å². The van der Waals surface area contributed by atoms with Crippen LogP contribution in [-0.4, -0.2) is 14.1 Å². The van der Waals surface area contributed by atoms with Gasteiger partial charge in [0.05, 0.1) is 22.1 Å². The third-order valence-electron chi connectivity index (χ3n) is 10.9. The molecule has 12 rings (SSSR count). The van der Waals surface area contributed by atoms with Crippen LogP contribution in [0.1, 0.15) is 0 Å². The van der Waals surface area contributed by atoms with E-state index < -0.39 is 0 Å². The molecule has 8 aromatic carbocycles. The van der Waals surface area contributed by atoms with Gasteiger partial charge in [0, 0.05) is 54.8 Å². The van der Waals surface area contributed by atoms with Crippen LogP contribution in [0.15, 0.2) is 185 Å². The highest BCUT2D eigenvalue weighted by Gasteiger charge is 2.21. The number of oxazole rings is 1. The minimum absolute atomic E-state index is 0.621. The highest BCUT2D eigenvalue weighted by molar-refractivity contribution is 6.17. The number of aromatic nitrogens is 3. The van der Waals surface area contributed by atoms with E-state index in [2.05, 4.69) is 143 Å². The van der Waals surface area contributed by atoms with Crippen LogP contribution in [-0.2, 0) is 0 Å². The molecule has 0 atom stereocenters. The van der Waals surface area contributed by atoms with Crippen molar-refractivity contribution in [3.8, 4) is 34.0 Å². The number of hydrogen-bond donors (Lipinski definition) is 0. The molecule has 0 aliphatic carbocycles. The summed E-state index contributed by atoms with van der Waals surface area (Å²) in [6.07, 6.45) is 0. The number of para-hydroxylation sites is 4. The molecule has 0 unspecified atom stereocenters. The summed E-state index contributed by atoms with van der Waals surface area (Å²) < 4.78 is 17.4. The van der Waals surface area contributed by atoms with Crippen molar-refractivity contribution in [3.05, 3.63) is 176 Å². The zero-order valence-electron chi connectivity index (χ0n) is 28.9. The van der Waals surface area contributed by atoms with Crippen molar-refractivity contribution >= 4 is 76.6 Å². The van der Waals surface area contributed by atoms with Crippen molar-refractivity contribution < 1.29 is 8.83 Å². The van der Waals surface area contributed by atoms with Crippen molar-refractivity contribution in [3.63, 3.8) is 0 Å². The lowest BCUT2D eigenvalue weighted by Crippen LogP contribution is -1.96. The van der Waals surface area contributed by atoms with E-state index in [0.29, 0.717) is 5.89 Å². The molecule has 0 spiro atoms. The van der Waals surface area contributed by atoms with Gasteiger partial charge >= 0.3 is 0 Å². The molecule has 252 valence electrons. The molecule has 12 aromatic rings. The maximum Gasteiger partial charge on any atom is 0.227 e. The summed E-state index contributed by atoms with van der Waals surface area (Å²) in [5, 5.41) is 6.92. The summed E-state index contributed by atoms with van der Waals surface area (Å²) in [4.78, 5) is 4.94. The summed E-state index contributed by atoms with van der Waals surface area (Å²) in [5.74, 6) is 0.621. The quantitative estimate of drug-likeness (QED) is 0.185. The Hall–Kier alpha value is -7.37. The van der Waals surface area contributed by atoms with E-state index >= 15 is 0 Å². The number of hydrogen-bond acceptors (Lipinski definition) is 3. The molecule has 0 fully saturated rings. The van der Waals surface area contributed by atoms with Crippen molar-refractivity contribution in [2.45, 2.75) is 0 Å². The molecule has 0 aliphatic heterocycles.